The molecular formula is C15H17NO3. The molecule has 2 aliphatic rings. The van der Waals surface area contributed by atoms with Crippen molar-refractivity contribution in [3.8, 4) is 0 Å². The van der Waals surface area contributed by atoms with Crippen LogP contribution in [0.4, 0.5) is 0 Å². The van der Waals surface area contributed by atoms with E-state index in [-0.39, 0.29) is 11.9 Å². The molecule has 0 spiro atoms. The summed E-state index contributed by atoms with van der Waals surface area (Å²) in [4.78, 5) is 17.4. The van der Waals surface area contributed by atoms with E-state index in [1.807, 2.05) is 30.3 Å². The van der Waals surface area contributed by atoms with Crippen LogP contribution in [-0.2, 0) is 14.4 Å². The van der Waals surface area contributed by atoms with Crippen LogP contribution in [0.2, 0.25) is 0 Å². The van der Waals surface area contributed by atoms with E-state index in [1.54, 1.807) is 7.11 Å². The second-order valence-electron chi connectivity index (χ2n) is 4.76. The van der Waals surface area contributed by atoms with Crippen molar-refractivity contribution in [2.45, 2.75) is 25.3 Å². The fourth-order valence-corrected chi connectivity index (χ4v) is 2.83. The maximum Gasteiger partial charge on any atom is 0.249 e. The van der Waals surface area contributed by atoms with Gasteiger partial charge in [0.1, 0.15) is 5.76 Å². The molecule has 0 radical (unpaired) electrons. The zero-order valence-corrected chi connectivity index (χ0v) is 11.0. The molecular weight excluding hydrogens is 242 g/mol. The van der Waals surface area contributed by atoms with E-state index in [1.165, 1.54) is 5.06 Å². The molecule has 1 aromatic carbocycles. The van der Waals surface area contributed by atoms with Crippen molar-refractivity contribution < 1.29 is 14.4 Å². The minimum Gasteiger partial charge on any atom is -0.501 e. The first-order valence-corrected chi connectivity index (χ1v) is 6.58. The van der Waals surface area contributed by atoms with Crippen molar-refractivity contribution in [3.63, 3.8) is 0 Å². The summed E-state index contributed by atoms with van der Waals surface area (Å²) in [5, 5.41) is 1.54. The standard InChI is InChI=1S/C15H17NO3/c1-18-13-8-7-12(16-14(17)9-10-19-16)15(13)11-5-3-2-4-6-11/h2-6,12H,7-10H2,1H3. The third-order valence-electron chi connectivity index (χ3n) is 3.68. The van der Waals surface area contributed by atoms with Gasteiger partial charge < -0.3 is 4.74 Å². The Hall–Kier alpha value is -1.81. The number of rotatable bonds is 3. The highest BCUT2D eigenvalue weighted by Crippen LogP contribution is 2.38. The average molecular weight is 259 g/mol. The SMILES string of the molecule is COC1=C(c2ccccc2)C(N2OCCC2=O)CC1. The second-order valence-corrected chi connectivity index (χ2v) is 4.76. The van der Waals surface area contributed by atoms with E-state index in [9.17, 15) is 4.79 Å². The Balaban J connectivity index is 1.98. The number of hydrogen-bond acceptors (Lipinski definition) is 3. The molecule has 1 aliphatic heterocycles. The number of carbonyl (C=O) groups is 1. The van der Waals surface area contributed by atoms with Gasteiger partial charge in [0.2, 0.25) is 5.91 Å². The summed E-state index contributed by atoms with van der Waals surface area (Å²) in [5.41, 5.74) is 2.18. The van der Waals surface area contributed by atoms with Crippen molar-refractivity contribution in [1.29, 1.82) is 0 Å². The molecule has 19 heavy (non-hydrogen) atoms. The molecule has 1 unspecified atom stereocenters. The highest BCUT2D eigenvalue weighted by molar-refractivity contribution is 5.82. The van der Waals surface area contributed by atoms with Crippen LogP contribution in [0.15, 0.2) is 36.1 Å². The number of amides is 1. The molecule has 1 heterocycles. The maximum absolute atomic E-state index is 11.9. The number of hydroxylamine groups is 2. The first-order chi connectivity index (χ1) is 9.31. The van der Waals surface area contributed by atoms with Crippen LogP contribution in [-0.4, -0.2) is 30.7 Å². The van der Waals surface area contributed by atoms with E-state index in [0.29, 0.717) is 13.0 Å². The molecule has 1 aromatic rings. The molecule has 1 saturated heterocycles. The van der Waals surface area contributed by atoms with Gasteiger partial charge in [0, 0.05) is 12.0 Å². The molecule has 1 fully saturated rings. The third-order valence-corrected chi connectivity index (χ3v) is 3.68. The highest BCUT2D eigenvalue weighted by atomic mass is 16.7. The first-order valence-electron chi connectivity index (χ1n) is 6.58. The Morgan fingerprint density at radius 1 is 1.26 bits per heavy atom. The summed E-state index contributed by atoms with van der Waals surface area (Å²) >= 11 is 0. The van der Waals surface area contributed by atoms with Crippen LogP contribution < -0.4 is 0 Å². The van der Waals surface area contributed by atoms with Gasteiger partial charge >= 0.3 is 0 Å². The van der Waals surface area contributed by atoms with E-state index >= 15 is 0 Å². The lowest BCUT2D eigenvalue weighted by molar-refractivity contribution is -0.167. The molecule has 4 nitrogen and oxygen atoms in total. The van der Waals surface area contributed by atoms with E-state index in [2.05, 4.69) is 0 Å². The normalized spacial score (nSPS) is 23.3. The van der Waals surface area contributed by atoms with E-state index < -0.39 is 0 Å². The minimum atomic E-state index is -0.0210. The number of benzene rings is 1. The maximum atomic E-state index is 11.9. The summed E-state index contributed by atoms with van der Waals surface area (Å²) in [5.74, 6) is 1.02. The second kappa shape index (κ2) is 5.05. The van der Waals surface area contributed by atoms with Gasteiger partial charge in [-0.15, -0.1) is 0 Å². The Morgan fingerprint density at radius 3 is 2.68 bits per heavy atom. The van der Waals surface area contributed by atoms with Crippen LogP contribution in [0.3, 0.4) is 0 Å². The zero-order valence-electron chi connectivity index (χ0n) is 11.0. The lowest BCUT2D eigenvalue weighted by atomic mass is 10.0. The Kier molecular flexibility index (Phi) is 3.25. The summed E-state index contributed by atoms with van der Waals surface area (Å²) in [6, 6.07) is 10.1. The molecule has 0 saturated carbocycles. The van der Waals surface area contributed by atoms with Crippen LogP contribution in [0.1, 0.15) is 24.8 Å². The average Bonchev–Trinajstić information content (AvgIpc) is 3.05. The number of allylic oxidation sites excluding steroid dienone is 1. The molecule has 0 aromatic heterocycles. The predicted molar refractivity (Wildman–Crippen MR) is 70.8 cm³/mol. The smallest absolute Gasteiger partial charge is 0.249 e. The van der Waals surface area contributed by atoms with Crippen LogP contribution in [0.25, 0.3) is 5.57 Å². The van der Waals surface area contributed by atoms with E-state index in [0.717, 1.165) is 29.7 Å². The van der Waals surface area contributed by atoms with Gasteiger partial charge in [-0.1, -0.05) is 30.3 Å². The number of hydrogen-bond donors (Lipinski definition) is 0. The molecule has 4 heteroatoms. The molecule has 3 rings (SSSR count). The molecule has 100 valence electrons. The molecule has 1 amide bonds. The van der Waals surface area contributed by atoms with Gasteiger partial charge in [-0.05, 0) is 12.0 Å². The van der Waals surface area contributed by atoms with Crippen molar-refractivity contribution in [2.75, 3.05) is 13.7 Å². The monoisotopic (exact) mass is 259 g/mol. The first kappa shape index (κ1) is 12.2. The Labute approximate surface area is 112 Å². The van der Waals surface area contributed by atoms with Crippen LogP contribution in [0, 0.1) is 0 Å². The summed E-state index contributed by atoms with van der Waals surface area (Å²) in [6.07, 6.45) is 2.18. The predicted octanol–water partition coefficient (Wildman–Crippen LogP) is 2.37. The zero-order chi connectivity index (χ0) is 13.2. The van der Waals surface area contributed by atoms with E-state index in [4.69, 9.17) is 9.57 Å². The number of methoxy groups -OCH3 is 1. The van der Waals surface area contributed by atoms with Crippen LogP contribution in [0.5, 0.6) is 0 Å². The largest absolute Gasteiger partial charge is 0.501 e. The minimum absolute atomic E-state index is 0.0210. The molecule has 1 atom stereocenters. The van der Waals surface area contributed by atoms with Gasteiger partial charge in [0.15, 0.2) is 0 Å². The van der Waals surface area contributed by atoms with Crippen molar-refractivity contribution in [1.82, 2.24) is 5.06 Å². The van der Waals surface area contributed by atoms with Crippen molar-refractivity contribution in [3.05, 3.63) is 41.7 Å². The quantitative estimate of drug-likeness (QED) is 0.836. The third kappa shape index (κ3) is 2.12. The van der Waals surface area contributed by atoms with Gasteiger partial charge in [-0.2, -0.15) is 0 Å². The van der Waals surface area contributed by atoms with Crippen LogP contribution >= 0.6 is 0 Å². The number of carbonyl (C=O) groups excluding carboxylic acids is 1. The number of ether oxygens (including phenoxy) is 1. The topological polar surface area (TPSA) is 38.8 Å². The summed E-state index contributed by atoms with van der Waals surface area (Å²) in [6.45, 7) is 0.486. The van der Waals surface area contributed by atoms with Gasteiger partial charge in [0.05, 0.1) is 26.2 Å². The highest BCUT2D eigenvalue weighted by Gasteiger charge is 2.37. The summed E-state index contributed by atoms with van der Waals surface area (Å²) in [7, 11) is 1.69. The lowest BCUT2D eigenvalue weighted by Crippen LogP contribution is -2.34. The molecule has 0 bridgehead atoms. The lowest BCUT2D eigenvalue weighted by Gasteiger charge is -2.24. The fourth-order valence-electron chi connectivity index (χ4n) is 2.83. The molecule has 0 N–H and O–H groups in total. The van der Waals surface area contributed by atoms with Gasteiger partial charge in [-0.25, -0.2) is 5.06 Å². The van der Waals surface area contributed by atoms with Gasteiger partial charge in [-0.3, -0.25) is 9.63 Å². The Bertz CT molecular complexity index is 509. The fraction of sp³-hybridized carbons (Fsp3) is 0.400. The van der Waals surface area contributed by atoms with Gasteiger partial charge in [0.25, 0.3) is 0 Å². The number of nitrogens with zero attached hydrogens (tertiary/aromatic N) is 1. The summed E-state index contributed by atoms with van der Waals surface area (Å²) < 4.78 is 5.49. The molecule has 1 aliphatic carbocycles. The Morgan fingerprint density at radius 2 is 2.05 bits per heavy atom. The van der Waals surface area contributed by atoms with Crippen molar-refractivity contribution in [2.24, 2.45) is 0 Å². The van der Waals surface area contributed by atoms with Crippen molar-refractivity contribution >= 4 is 11.5 Å².